The van der Waals surface area contributed by atoms with Gasteiger partial charge in [0.15, 0.2) is 0 Å². The standard InChI is InChI=1S/C30H25N3O5S2/c1-17-7-6-10-19(15-17)31-22(34)16-32-29-26(40-30(32)37)23(18-8-4-3-5-9-18)24-25(39-29)28(36)33(27(24)35)20-11-13-21(38-2)14-12-20/h3-15,23-25H,16H2,1-2H3,(H,31,34)/t23-,24-,25+/m0/s1. The van der Waals surface area contributed by atoms with E-state index in [0.29, 0.717) is 27.0 Å². The van der Waals surface area contributed by atoms with E-state index in [4.69, 9.17) is 4.74 Å². The lowest BCUT2D eigenvalue weighted by Gasteiger charge is -2.30. The molecule has 4 aromatic rings. The van der Waals surface area contributed by atoms with Crippen LogP contribution in [0.15, 0.2) is 88.7 Å². The Balaban J connectivity index is 1.39. The molecule has 3 heterocycles. The predicted molar refractivity (Wildman–Crippen MR) is 155 cm³/mol. The Hall–Kier alpha value is -4.15. The Morgan fingerprint density at radius 1 is 0.950 bits per heavy atom. The van der Waals surface area contributed by atoms with Crippen molar-refractivity contribution in [1.29, 1.82) is 0 Å². The third-order valence-corrected chi connectivity index (χ3v) is 9.75. The number of ether oxygens (including phenoxy) is 1. The number of hydrogen-bond donors (Lipinski definition) is 1. The van der Waals surface area contributed by atoms with Crippen LogP contribution in [0.1, 0.15) is 21.9 Å². The van der Waals surface area contributed by atoms with E-state index in [1.165, 1.54) is 21.2 Å². The molecule has 0 aliphatic carbocycles. The number of rotatable bonds is 6. The zero-order valence-corrected chi connectivity index (χ0v) is 23.3. The molecule has 0 radical (unpaired) electrons. The summed E-state index contributed by atoms with van der Waals surface area (Å²) in [4.78, 5) is 55.6. The second kappa shape index (κ2) is 10.4. The molecule has 1 N–H and O–H groups in total. The van der Waals surface area contributed by atoms with Crippen molar-refractivity contribution >= 4 is 52.2 Å². The number of imide groups is 1. The lowest BCUT2D eigenvalue weighted by molar-refractivity contribution is -0.122. The van der Waals surface area contributed by atoms with Gasteiger partial charge in [0, 0.05) is 16.5 Å². The number of aryl methyl sites for hydroxylation is 1. The number of benzene rings is 3. The molecule has 10 heteroatoms. The number of carbonyl (C=O) groups is 3. The topological polar surface area (TPSA) is 97.7 Å². The van der Waals surface area contributed by atoms with E-state index >= 15 is 0 Å². The van der Waals surface area contributed by atoms with Gasteiger partial charge in [-0.3, -0.25) is 23.7 Å². The van der Waals surface area contributed by atoms with Crippen LogP contribution in [0.4, 0.5) is 11.4 Å². The van der Waals surface area contributed by atoms with E-state index in [0.717, 1.165) is 22.5 Å². The molecule has 202 valence electrons. The van der Waals surface area contributed by atoms with Gasteiger partial charge in [0.2, 0.25) is 17.7 Å². The normalized spacial score (nSPS) is 19.8. The first-order valence-electron chi connectivity index (χ1n) is 12.7. The van der Waals surface area contributed by atoms with E-state index in [-0.39, 0.29) is 29.1 Å². The molecule has 6 rings (SSSR count). The Bertz CT molecular complexity index is 1680. The third kappa shape index (κ3) is 4.52. The second-order valence-corrected chi connectivity index (χ2v) is 11.8. The number of thiazole rings is 1. The number of nitrogens with zero attached hydrogens (tertiary/aromatic N) is 2. The summed E-state index contributed by atoms with van der Waals surface area (Å²) in [6.45, 7) is 1.73. The number of nitrogens with one attached hydrogen (secondary N) is 1. The van der Waals surface area contributed by atoms with Gasteiger partial charge in [0.25, 0.3) is 0 Å². The van der Waals surface area contributed by atoms with Crippen molar-refractivity contribution in [3.63, 3.8) is 0 Å². The van der Waals surface area contributed by atoms with Crippen LogP contribution in [0, 0.1) is 12.8 Å². The van der Waals surface area contributed by atoms with Crippen molar-refractivity contribution in [2.24, 2.45) is 5.92 Å². The number of carbonyl (C=O) groups excluding carboxylic acids is 3. The molecule has 2 aliphatic rings. The maximum atomic E-state index is 13.9. The molecule has 40 heavy (non-hydrogen) atoms. The monoisotopic (exact) mass is 571 g/mol. The quantitative estimate of drug-likeness (QED) is 0.338. The van der Waals surface area contributed by atoms with Crippen molar-refractivity contribution in [2.45, 2.75) is 29.7 Å². The molecule has 1 aromatic heterocycles. The molecule has 2 aliphatic heterocycles. The van der Waals surface area contributed by atoms with Crippen LogP contribution >= 0.6 is 23.1 Å². The zero-order valence-electron chi connectivity index (χ0n) is 21.7. The molecule has 0 bridgehead atoms. The molecular formula is C30H25N3O5S2. The number of hydrogen-bond acceptors (Lipinski definition) is 7. The molecule has 1 fully saturated rings. The van der Waals surface area contributed by atoms with E-state index < -0.39 is 17.1 Å². The van der Waals surface area contributed by atoms with Crippen LogP contribution in [-0.4, -0.2) is 34.6 Å². The van der Waals surface area contributed by atoms with Gasteiger partial charge in [-0.05, 0) is 54.4 Å². The molecule has 3 aromatic carbocycles. The Morgan fingerprint density at radius 3 is 2.40 bits per heavy atom. The first-order valence-corrected chi connectivity index (χ1v) is 14.4. The summed E-state index contributed by atoms with van der Waals surface area (Å²) in [6, 6.07) is 23.7. The van der Waals surface area contributed by atoms with Crippen LogP contribution in [0.3, 0.4) is 0 Å². The lowest BCUT2D eigenvalue weighted by Crippen LogP contribution is -2.33. The molecule has 8 nitrogen and oxygen atoms in total. The minimum absolute atomic E-state index is 0.200. The lowest BCUT2D eigenvalue weighted by atomic mass is 9.83. The third-order valence-electron chi connectivity index (χ3n) is 7.14. The van der Waals surface area contributed by atoms with Crippen LogP contribution in [0.5, 0.6) is 5.75 Å². The highest BCUT2D eigenvalue weighted by atomic mass is 32.2. The van der Waals surface area contributed by atoms with Gasteiger partial charge in [0.05, 0.1) is 23.7 Å². The smallest absolute Gasteiger partial charge is 0.308 e. The summed E-state index contributed by atoms with van der Waals surface area (Å²) in [7, 11) is 1.55. The molecule has 3 atom stereocenters. The van der Waals surface area contributed by atoms with Crippen molar-refractivity contribution in [2.75, 3.05) is 17.3 Å². The highest BCUT2D eigenvalue weighted by Crippen LogP contribution is 2.53. The first-order chi connectivity index (χ1) is 19.4. The van der Waals surface area contributed by atoms with Gasteiger partial charge in [-0.15, -0.1) is 0 Å². The van der Waals surface area contributed by atoms with E-state index in [1.807, 2.05) is 55.5 Å². The van der Waals surface area contributed by atoms with Gasteiger partial charge >= 0.3 is 4.87 Å². The van der Waals surface area contributed by atoms with Gasteiger partial charge in [-0.2, -0.15) is 0 Å². The largest absolute Gasteiger partial charge is 0.497 e. The maximum absolute atomic E-state index is 13.9. The second-order valence-electron chi connectivity index (χ2n) is 9.70. The maximum Gasteiger partial charge on any atom is 0.308 e. The van der Waals surface area contributed by atoms with Gasteiger partial charge in [0.1, 0.15) is 17.5 Å². The van der Waals surface area contributed by atoms with Gasteiger partial charge < -0.3 is 10.1 Å². The van der Waals surface area contributed by atoms with Crippen molar-refractivity contribution < 1.29 is 19.1 Å². The fourth-order valence-corrected chi connectivity index (χ4v) is 8.10. The summed E-state index contributed by atoms with van der Waals surface area (Å²) >= 11 is 2.23. The average molecular weight is 572 g/mol. The Kier molecular flexibility index (Phi) is 6.81. The van der Waals surface area contributed by atoms with E-state index in [2.05, 4.69) is 5.32 Å². The number of aromatic nitrogens is 1. The number of amides is 3. The van der Waals surface area contributed by atoms with Crippen LogP contribution < -0.4 is 19.8 Å². The number of thioether (sulfide) groups is 1. The average Bonchev–Trinajstić information content (AvgIpc) is 3.39. The molecular weight excluding hydrogens is 546 g/mol. The summed E-state index contributed by atoms with van der Waals surface area (Å²) in [5.41, 5.74) is 2.95. The fourth-order valence-electron chi connectivity index (χ4n) is 5.33. The summed E-state index contributed by atoms with van der Waals surface area (Å²) < 4.78 is 6.66. The highest BCUT2D eigenvalue weighted by Gasteiger charge is 2.56. The summed E-state index contributed by atoms with van der Waals surface area (Å²) in [5.74, 6) is -1.57. The number of anilines is 2. The molecule has 0 saturated carbocycles. The van der Waals surface area contributed by atoms with Crippen molar-refractivity contribution in [3.05, 3.63) is 105 Å². The van der Waals surface area contributed by atoms with E-state index in [9.17, 15) is 19.2 Å². The predicted octanol–water partition coefficient (Wildman–Crippen LogP) is 4.66. The van der Waals surface area contributed by atoms with Crippen molar-refractivity contribution in [3.8, 4) is 5.75 Å². The minimum atomic E-state index is -0.743. The summed E-state index contributed by atoms with van der Waals surface area (Å²) in [5, 5.41) is 2.67. The first kappa shape index (κ1) is 26.1. The number of fused-ring (bicyclic) bond motifs is 2. The van der Waals surface area contributed by atoms with Crippen LogP contribution in [0.2, 0.25) is 0 Å². The fraction of sp³-hybridized carbons (Fsp3) is 0.200. The minimum Gasteiger partial charge on any atom is -0.497 e. The zero-order chi connectivity index (χ0) is 28.0. The SMILES string of the molecule is COc1ccc(N2C(=O)[C@H]3[C@H](c4ccccc4)c4sc(=O)n(CC(=O)Nc5cccc(C)c5)c4S[C@H]3C2=O)cc1. The Morgan fingerprint density at radius 2 is 1.70 bits per heavy atom. The van der Waals surface area contributed by atoms with Gasteiger partial charge in [-0.25, -0.2) is 4.90 Å². The molecule has 0 unspecified atom stereocenters. The number of methoxy groups -OCH3 is 1. The molecule has 3 amide bonds. The van der Waals surface area contributed by atoms with Crippen LogP contribution in [-0.2, 0) is 20.9 Å². The van der Waals surface area contributed by atoms with E-state index in [1.54, 1.807) is 37.4 Å². The van der Waals surface area contributed by atoms with Crippen LogP contribution in [0.25, 0.3) is 0 Å². The highest BCUT2D eigenvalue weighted by molar-refractivity contribution is 8.00. The van der Waals surface area contributed by atoms with Gasteiger partial charge in [-0.1, -0.05) is 65.6 Å². The molecule has 1 saturated heterocycles. The van der Waals surface area contributed by atoms with Crippen molar-refractivity contribution in [1.82, 2.24) is 4.57 Å². The molecule has 0 spiro atoms. The Labute approximate surface area is 238 Å². The summed E-state index contributed by atoms with van der Waals surface area (Å²) in [6.07, 6.45) is 0.